The van der Waals surface area contributed by atoms with Gasteiger partial charge in [-0.3, -0.25) is 0 Å². The van der Waals surface area contributed by atoms with Crippen LogP contribution in [0.4, 0.5) is 0 Å². The molecule has 1 radical (unpaired) electrons. The molecule has 0 saturated heterocycles. The third-order valence-corrected chi connectivity index (χ3v) is 3.69. The molecule has 0 unspecified atom stereocenters. The second kappa shape index (κ2) is 16.6. The van der Waals surface area contributed by atoms with Gasteiger partial charge >= 0.3 is 17.1 Å². The Balaban J connectivity index is -0.000000490. The molecular formula is C14H26CuO16. The summed E-state index contributed by atoms with van der Waals surface area (Å²) in [5.74, 6) is -4.07. The fraction of sp³-hybridized carbons (Fsp3) is 0.857. The second-order valence-electron chi connectivity index (χ2n) is 5.97. The average Bonchev–Trinajstić information content (AvgIpc) is 2.73. The number of hydrogen-bond donors (Lipinski definition) is 12. The minimum absolute atomic E-state index is 0. The third kappa shape index (κ3) is 11.4. The van der Waals surface area contributed by atoms with Crippen LogP contribution >= 0.6 is 0 Å². The van der Waals surface area contributed by atoms with Crippen molar-refractivity contribution < 1.29 is 98.1 Å². The van der Waals surface area contributed by atoms with Crippen LogP contribution in [-0.4, -0.2) is 147 Å². The number of carboxylic acid groups (broad SMARTS) is 2. The first-order valence-electron chi connectivity index (χ1n) is 8.09. The Morgan fingerprint density at radius 1 is 0.516 bits per heavy atom. The summed E-state index contributed by atoms with van der Waals surface area (Å²) in [5.41, 5.74) is 0. The van der Waals surface area contributed by atoms with E-state index in [0.717, 1.165) is 0 Å². The van der Waals surface area contributed by atoms with Crippen LogP contribution in [0.1, 0.15) is 0 Å². The van der Waals surface area contributed by atoms with Crippen molar-refractivity contribution >= 4 is 11.9 Å². The first-order chi connectivity index (χ1) is 13.6. The molecule has 0 aliphatic heterocycles. The standard InChI is InChI=1S/2C7H14O8.Cu/c2*8-1-2(9)3(10)4(11)5(12)6(13)7(14)15;/h2*2-6,8-13H,1H2,(H,14,15);/q;;+2/p-2/t2*2-,3+,4-,5-,6-;/m11./s1. The SMILES string of the molecule is O=C([O-])[C@H](O)[C@H](O)[C@H](O)[C@@H](O)[C@H](O)CO.O=C([O-])[C@H](O)[C@H](O)[C@H](O)[C@@H](O)[C@H](O)CO.[Cu+2]. The maximum atomic E-state index is 10.1. The van der Waals surface area contributed by atoms with Crippen LogP contribution in [0.5, 0.6) is 0 Å². The van der Waals surface area contributed by atoms with E-state index in [1.807, 2.05) is 0 Å². The first-order valence-corrected chi connectivity index (χ1v) is 8.09. The number of carbonyl (C=O) groups excluding carboxylic acids is 2. The molecule has 0 aliphatic carbocycles. The van der Waals surface area contributed by atoms with Crippen molar-refractivity contribution in [1.29, 1.82) is 0 Å². The van der Waals surface area contributed by atoms with Gasteiger partial charge in [0, 0.05) is 0 Å². The van der Waals surface area contributed by atoms with Crippen molar-refractivity contribution in [2.45, 2.75) is 61.0 Å². The molecule has 0 aromatic carbocycles. The fourth-order valence-electron chi connectivity index (χ4n) is 1.73. The van der Waals surface area contributed by atoms with Crippen molar-refractivity contribution in [2.75, 3.05) is 13.2 Å². The molecule has 0 amide bonds. The van der Waals surface area contributed by atoms with Crippen LogP contribution in [-0.2, 0) is 26.7 Å². The van der Waals surface area contributed by atoms with Gasteiger partial charge in [0.15, 0.2) is 0 Å². The van der Waals surface area contributed by atoms with Gasteiger partial charge in [-0.1, -0.05) is 0 Å². The monoisotopic (exact) mass is 513 g/mol. The number of carboxylic acids is 2. The summed E-state index contributed by atoms with van der Waals surface area (Å²) in [4.78, 5) is 20.2. The van der Waals surface area contributed by atoms with Crippen LogP contribution in [0.2, 0.25) is 0 Å². The minimum Gasteiger partial charge on any atom is -0.547 e. The summed E-state index contributed by atoms with van der Waals surface area (Å²) in [6, 6.07) is 0. The maximum absolute atomic E-state index is 10.1. The van der Waals surface area contributed by atoms with E-state index >= 15 is 0 Å². The molecule has 0 spiro atoms. The van der Waals surface area contributed by atoms with Crippen molar-refractivity contribution in [2.24, 2.45) is 0 Å². The summed E-state index contributed by atoms with van der Waals surface area (Å²) in [7, 11) is 0. The van der Waals surface area contributed by atoms with Gasteiger partial charge in [0.05, 0.1) is 25.2 Å². The van der Waals surface area contributed by atoms with Gasteiger partial charge in [0.2, 0.25) is 0 Å². The number of carbonyl (C=O) groups is 2. The van der Waals surface area contributed by atoms with Crippen molar-refractivity contribution in [3.8, 4) is 0 Å². The molecule has 0 heterocycles. The van der Waals surface area contributed by atoms with Crippen LogP contribution < -0.4 is 10.2 Å². The zero-order chi connectivity index (χ0) is 24.3. The number of hydrogen-bond acceptors (Lipinski definition) is 16. The molecule has 17 heteroatoms. The van der Waals surface area contributed by atoms with E-state index < -0.39 is 86.2 Å². The van der Waals surface area contributed by atoms with Crippen LogP contribution in [0.15, 0.2) is 0 Å². The van der Waals surface area contributed by atoms with Crippen molar-refractivity contribution in [3.05, 3.63) is 0 Å². The molecule has 12 N–H and O–H groups in total. The molecule has 189 valence electrons. The van der Waals surface area contributed by atoms with E-state index in [2.05, 4.69) is 0 Å². The van der Waals surface area contributed by atoms with Gasteiger partial charge in [-0.05, 0) is 0 Å². The summed E-state index contributed by atoms with van der Waals surface area (Å²) in [6.45, 7) is -1.79. The van der Waals surface area contributed by atoms with Gasteiger partial charge in [-0.25, -0.2) is 0 Å². The van der Waals surface area contributed by atoms with E-state index in [9.17, 15) is 19.8 Å². The molecule has 0 aromatic heterocycles. The largest absolute Gasteiger partial charge is 2.00 e. The Kier molecular flexibility index (Phi) is 18.5. The van der Waals surface area contributed by atoms with Gasteiger partial charge in [0.25, 0.3) is 0 Å². The normalized spacial score (nSPS) is 20.8. The van der Waals surface area contributed by atoms with E-state index in [4.69, 9.17) is 61.3 Å². The van der Waals surface area contributed by atoms with E-state index in [-0.39, 0.29) is 17.1 Å². The molecule has 16 nitrogen and oxygen atoms in total. The Hall–Kier alpha value is -1.02. The molecule has 0 bridgehead atoms. The number of aliphatic hydroxyl groups is 12. The summed E-state index contributed by atoms with van der Waals surface area (Å²) in [5, 5.41) is 126. The number of rotatable bonds is 12. The fourth-order valence-corrected chi connectivity index (χ4v) is 1.73. The molecule has 31 heavy (non-hydrogen) atoms. The Labute approximate surface area is 185 Å². The average molecular weight is 514 g/mol. The zero-order valence-corrected chi connectivity index (χ0v) is 16.4. The van der Waals surface area contributed by atoms with Gasteiger partial charge in [0.1, 0.15) is 61.0 Å². The molecule has 0 aromatic rings. The van der Waals surface area contributed by atoms with E-state index in [0.29, 0.717) is 0 Å². The van der Waals surface area contributed by atoms with Crippen LogP contribution in [0.3, 0.4) is 0 Å². The van der Waals surface area contributed by atoms with Gasteiger partial charge in [-0.15, -0.1) is 0 Å². The van der Waals surface area contributed by atoms with Gasteiger partial charge in [-0.2, -0.15) is 0 Å². The molecule has 0 fully saturated rings. The van der Waals surface area contributed by atoms with Crippen LogP contribution in [0.25, 0.3) is 0 Å². The number of aliphatic hydroxyl groups excluding tert-OH is 12. The first kappa shape index (κ1) is 34.6. The molecular weight excluding hydrogens is 488 g/mol. The quantitative estimate of drug-likeness (QED) is 0.108. The third-order valence-electron chi connectivity index (χ3n) is 3.69. The number of aliphatic carboxylic acids is 2. The predicted octanol–water partition coefficient (Wildman–Crippen LogP) is -10.9. The topological polar surface area (TPSA) is 323 Å². The summed E-state index contributed by atoms with van der Waals surface area (Å²) < 4.78 is 0. The Bertz CT molecular complexity index is 465. The molecule has 10 atom stereocenters. The predicted molar refractivity (Wildman–Crippen MR) is 84.3 cm³/mol. The van der Waals surface area contributed by atoms with Crippen LogP contribution in [0, 0.1) is 0 Å². The second-order valence-corrected chi connectivity index (χ2v) is 5.97. The molecule has 0 rings (SSSR count). The Morgan fingerprint density at radius 3 is 0.903 bits per heavy atom. The van der Waals surface area contributed by atoms with E-state index in [1.165, 1.54) is 0 Å². The van der Waals surface area contributed by atoms with Crippen molar-refractivity contribution in [1.82, 2.24) is 0 Å². The maximum Gasteiger partial charge on any atom is 2.00 e. The minimum atomic E-state index is -2.40. The van der Waals surface area contributed by atoms with Crippen molar-refractivity contribution in [3.63, 3.8) is 0 Å². The van der Waals surface area contributed by atoms with E-state index in [1.54, 1.807) is 0 Å². The summed E-state index contributed by atoms with van der Waals surface area (Å²) in [6.07, 6.45) is -21.0. The van der Waals surface area contributed by atoms with Gasteiger partial charge < -0.3 is 81.1 Å². The zero-order valence-electron chi connectivity index (χ0n) is 15.5. The summed E-state index contributed by atoms with van der Waals surface area (Å²) >= 11 is 0. The smallest absolute Gasteiger partial charge is 0.547 e. The molecule has 0 saturated carbocycles. The molecule has 0 aliphatic rings. The Morgan fingerprint density at radius 2 is 0.742 bits per heavy atom.